The monoisotopic (exact) mass is 187 g/mol. The molecule has 1 aliphatic heterocycles. The van der Waals surface area contributed by atoms with E-state index in [4.69, 9.17) is 9.84 Å². The van der Waals surface area contributed by atoms with Crippen molar-refractivity contribution in [2.75, 3.05) is 13.2 Å². The van der Waals surface area contributed by atoms with E-state index in [0.717, 1.165) is 32.5 Å². The molecule has 0 bridgehead atoms. The molecular weight excluding hydrogens is 170 g/mol. The van der Waals surface area contributed by atoms with Crippen LogP contribution in [0.15, 0.2) is 0 Å². The molecule has 1 unspecified atom stereocenters. The standard InChI is InChI=1S/C9H17NO3/c1-7(10-9(11)12)5-8-3-2-4-13-6-8/h7-8,10H,2-6H2,1H3,(H,11,12)/t7?,8-/m1/s1. The van der Waals surface area contributed by atoms with Crippen LogP contribution in [-0.2, 0) is 4.74 Å². The van der Waals surface area contributed by atoms with Crippen LogP contribution < -0.4 is 5.32 Å². The van der Waals surface area contributed by atoms with E-state index in [1.807, 2.05) is 6.92 Å². The van der Waals surface area contributed by atoms with Crippen molar-refractivity contribution in [3.8, 4) is 0 Å². The summed E-state index contributed by atoms with van der Waals surface area (Å²) in [6, 6.07) is 0.0317. The van der Waals surface area contributed by atoms with Gasteiger partial charge in [-0.3, -0.25) is 0 Å². The highest BCUT2D eigenvalue weighted by Gasteiger charge is 2.17. The Bertz CT molecular complexity index is 166. The first-order valence-corrected chi connectivity index (χ1v) is 4.75. The molecule has 1 heterocycles. The predicted octanol–water partition coefficient (Wildman–Crippen LogP) is 1.46. The molecule has 1 amide bonds. The first-order valence-electron chi connectivity index (χ1n) is 4.75. The largest absolute Gasteiger partial charge is 0.465 e. The zero-order chi connectivity index (χ0) is 9.68. The number of hydrogen-bond acceptors (Lipinski definition) is 2. The highest BCUT2D eigenvalue weighted by atomic mass is 16.5. The molecule has 2 atom stereocenters. The van der Waals surface area contributed by atoms with E-state index in [1.165, 1.54) is 0 Å². The summed E-state index contributed by atoms with van der Waals surface area (Å²) in [7, 11) is 0. The maximum atomic E-state index is 10.3. The second-order valence-corrected chi connectivity index (χ2v) is 3.67. The Morgan fingerprint density at radius 2 is 2.54 bits per heavy atom. The molecule has 1 fully saturated rings. The quantitative estimate of drug-likeness (QED) is 0.703. The average molecular weight is 187 g/mol. The minimum absolute atomic E-state index is 0.0317. The Morgan fingerprint density at radius 1 is 1.77 bits per heavy atom. The molecule has 13 heavy (non-hydrogen) atoms. The topological polar surface area (TPSA) is 58.6 Å². The van der Waals surface area contributed by atoms with Gasteiger partial charge in [-0.15, -0.1) is 0 Å². The molecule has 76 valence electrons. The lowest BCUT2D eigenvalue weighted by Gasteiger charge is -2.24. The second kappa shape index (κ2) is 5.07. The Labute approximate surface area is 78.3 Å². The SMILES string of the molecule is CC(C[C@H]1CCCOC1)NC(=O)O. The molecule has 0 spiro atoms. The summed E-state index contributed by atoms with van der Waals surface area (Å²) in [5.74, 6) is 0.524. The summed E-state index contributed by atoms with van der Waals surface area (Å²) < 4.78 is 5.31. The van der Waals surface area contributed by atoms with Crippen molar-refractivity contribution < 1.29 is 14.6 Å². The highest BCUT2D eigenvalue weighted by Crippen LogP contribution is 2.18. The van der Waals surface area contributed by atoms with Gasteiger partial charge in [0.15, 0.2) is 0 Å². The molecule has 0 saturated carbocycles. The first-order chi connectivity index (χ1) is 6.18. The van der Waals surface area contributed by atoms with Gasteiger partial charge in [-0.05, 0) is 32.1 Å². The fraction of sp³-hybridized carbons (Fsp3) is 0.889. The Kier molecular flexibility index (Phi) is 4.02. The molecule has 1 saturated heterocycles. The van der Waals surface area contributed by atoms with Crippen LogP contribution in [0.3, 0.4) is 0 Å². The molecule has 4 nitrogen and oxygen atoms in total. The van der Waals surface area contributed by atoms with Crippen molar-refractivity contribution in [1.82, 2.24) is 5.32 Å². The van der Waals surface area contributed by atoms with Crippen LogP contribution in [0.2, 0.25) is 0 Å². The van der Waals surface area contributed by atoms with E-state index in [-0.39, 0.29) is 6.04 Å². The summed E-state index contributed by atoms with van der Waals surface area (Å²) in [4.78, 5) is 10.3. The van der Waals surface area contributed by atoms with E-state index in [0.29, 0.717) is 5.92 Å². The van der Waals surface area contributed by atoms with Crippen LogP contribution in [0, 0.1) is 5.92 Å². The molecule has 0 aliphatic carbocycles. The van der Waals surface area contributed by atoms with Crippen LogP contribution in [0.4, 0.5) is 4.79 Å². The van der Waals surface area contributed by atoms with Gasteiger partial charge in [-0.25, -0.2) is 4.79 Å². The summed E-state index contributed by atoms with van der Waals surface area (Å²) >= 11 is 0. The van der Waals surface area contributed by atoms with Crippen molar-refractivity contribution in [3.05, 3.63) is 0 Å². The fourth-order valence-corrected chi connectivity index (χ4v) is 1.76. The Morgan fingerprint density at radius 3 is 3.08 bits per heavy atom. The number of ether oxygens (including phenoxy) is 1. The van der Waals surface area contributed by atoms with E-state index in [1.54, 1.807) is 0 Å². The van der Waals surface area contributed by atoms with Gasteiger partial charge in [-0.1, -0.05) is 0 Å². The minimum Gasteiger partial charge on any atom is -0.465 e. The van der Waals surface area contributed by atoms with Gasteiger partial charge in [-0.2, -0.15) is 0 Å². The number of carbonyl (C=O) groups is 1. The van der Waals surface area contributed by atoms with Crippen molar-refractivity contribution >= 4 is 6.09 Å². The molecule has 0 aromatic carbocycles. The molecular formula is C9H17NO3. The smallest absolute Gasteiger partial charge is 0.404 e. The van der Waals surface area contributed by atoms with Crippen LogP contribution in [0.25, 0.3) is 0 Å². The zero-order valence-corrected chi connectivity index (χ0v) is 7.95. The molecule has 1 aliphatic rings. The van der Waals surface area contributed by atoms with E-state index < -0.39 is 6.09 Å². The van der Waals surface area contributed by atoms with Crippen LogP contribution in [0.1, 0.15) is 26.2 Å². The lowest BCUT2D eigenvalue weighted by molar-refractivity contribution is 0.0483. The lowest BCUT2D eigenvalue weighted by Crippen LogP contribution is -2.34. The Balaban J connectivity index is 2.18. The minimum atomic E-state index is -0.941. The van der Waals surface area contributed by atoms with E-state index in [9.17, 15) is 4.79 Å². The summed E-state index contributed by atoms with van der Waals surface area (Å²) in [5, 5.41) is 10.9. The van der Waals surface area contributed by atoms with E-state index >= 15 is 0 Å². The fourth-order valence-electron chi connectivity index (χ4n) is 1.76. The van der Waals surface area contributed by atoms with Crippen molar-refractivity contribution in [3.63, 3.8) is 0 Å². The molecule has 1 rings (SSSR count). The third kappa shape index (κ3) is 4.12. The third-order valence-corrected chi connectivity index (χ3v) is 2.31. The molecule has 4 heteroatoms. The third-order valence-electron chi connectivity index (χ3n) is 2.31. The molecule has 0 aromatic rings. The zero-order valence-electron chi connectivity index (χ0n) is 7.95. The van der Waals surface area contributed by atoms with Gasteiger partial charge in [0.05, 0.1) is 0 Å². The second-order valence-electron chi connectivity index (χ2n) is 3.67. The lowest BCUT2D eigenvalue weighted by atomic mass is 9.95. The molecule has 0 aromatic heterocycles. The van der Waals surface area contributed by atoms with Gasteiger partial charge < -0.3 is 15.2 Å². The number of carboxylic acid groups (broad SMARTS) is 1. The molecule has 0 radical (unpaired) electrons. The maximum Gasteiger partial charge on any atom is 0.404 e. The first kappa shape index (κ1) is 10.3. The maximum absolute atomic E-state index is 10.3. The number of nitrogens with one attached hydrogen (secondary N) is 1. The summed E-state index contributed by atoms with van der Waals surface area (Å²) in [6.07, 6.45) is 2.20. The molecule has 2 N–H and O–H groups in total. The van der Waals surface area contributed by atoms with Crippen LogP contribution >= 0.6 is 0 Å². The summed E-state index contributed by atoms with van der Waals surface area (Å²) in [6.45, 7) is 3.53. The van der Waals surface area contributed by atoms with Gasteiger partial charge in [0.25, 0.3) is 0 Å². The number of hydrogen-bond donors (Lipinski definition) is 2. The number of rotatable bonds is 3. The van der Waals surface area contributed by atoms with Gasteiger partial charge in [0.1, 0.15) is 0 Å². The van der Waals surface area contributed by atoms with E-state index in [2.05, 4.69) is 5.32 Å². The van der Waals surface area contributed by atoms with Gasteiger partial charge >= 0.3 is 6.09 Å². The van der Waals surface area contributed by atoms with Gasteiger partial charge in [0.2, 0.25) is 0 Å². The average Bonchev–Trinajstić information content (AvgIpc) is 2.04. The van der Waals surface area contributed by atoms with Gasteiger partial charge in [0, 0.05) is 19.3 Å². The van der Waals surface area contributed by atoms with Crippen molar-refractivity contribution in [2.24, 2.45) is 5.92 Å². The van der Waals surface area contributed by atoms with Crippen molar-refractivity contribution in [1.29, 1.82) is 0 Å². The number of amides is 1. The highest BCUT2D eigenvalue weighted by molar-refractivity contribution is 5.64. The Hall–Kier alpha value is -0.770. The normalized spacial score (nSPS) is 25.2. The summed E-state index contributed by atoms with van der Waals surface area (Å²) in [5.41, 5.74) is 0. The van der Waals surface area contributed by atoms with Crippen LogP contribution in [-0.4, -0.2) is 30.5 Å². The van der Waals surface area contributed by atoms with Crippen LogP contribution in [0.5, 0.6) is 0 Å². The van der Waals surface area contributed by atoms with Crippen molar-refractivity contribution in [2.45, 2.75) is 32.2 Å². The predicted molar refractivity (Wildman–Crippen MR) is 48.8 cm³/mol.